The van der Waals surface area contributed by atoms with Crippen LogP contribution in [0.1, 0.15) is 17.5 Å². The second-order valence-corrected chi connectivity index (χ2v) is 6.16. The molecule has 0 fully saturated rings. The maximum atomic E-state index is 5.66. The van der Waals surface area contributed by atoms with E-state index < -0.39 is 0 Å². The van der Waals surface area contributed by atoms with E-state index in [1.807, 2.05) is 18.2 Å². The molecule has 2 aromatic carbocycles. The van der Waals surface area contributed by atoms with Crippen LogP contribution in [-0.2, 0) is 12.8 Å². The summed E-state index contributed by atoms with van der Waals surface area (Å²) in [5.74, 6) is 0. The average molecular weight is 288 g/mol. The molecular formula is C15H16N2S2. The SMILES string of the molecule is NSc1ccccc1NSc1ccc2c(c1)CCC2. The van der Waals surface area contributed by atoms with Crippen molar-refractivity contribution in [3.63, 3.8) is 0 Å². The summed E-state index contributed by atoms with van der Waals surface area (Å²) in [5.41, 5.74) is 4.09. The molecule has 0 amide bonds. The molecule has 3 rings (SSSR count). The van der Waals surface area contributed by atoms with Crippen LogP contribution in [0.5, 0.6) is 0 Å². The highest BCUT2D eigenvalue weighted by atomic mass is 32.2. The minimum absolute atomic E-state index is 1.07. The van der Waals surface area contributed by atoms with Crippen LogP contribution < -0.4 is 9.86 Å². The summed E-state index contributed by atoms with van der Waals surface area (Å²) >= 11 is 2.93. The third-order valence-corrected chi connectivity index (χ3v) is 4.78. The van der Waals surface area contributed by atoms with E-state index in [0.717, 1.165) is 10.6 Å². The molecule has 19 heavy (non-hydrogen) atoms. The van der Waals surface area contributed by atoms with Gasteiger partial charge < -0.3 is 4.72 Å². The molecule has 0 saturated heterocycles. The molecule has 2 nitrogen and oxygen atoms in total. The molecule has 0 saturated carbocycles. The Kier molecular flexibility index (Phi) is 4.01. The maximum absolute atomic E-state index is 5.66. The van der Waals surface area contributed by atoms with Crippen molar-refractivity contribution in [2.24, 2.45) is 5.14 Å². The summed E-state index contributed by atoms with van der Waals surface area (Å²) < 4.78 is 3.39. The Bertz CT molecular complexity index is 584. The normalized spacial score (nSPS) is 13.3. The molecule has 3 N–H and O–H groups in total. The van der Waals surface area contributed by atoms with Crippen molar-refractivity contribution in [3.8, 4) is 0 Å². The molecule has 2 aromatic rings. The first-order chi connectivity index (χ1) is 9.36. The number of rotatable bonds is 4. The van der Waals surface area contributed by atoms with Crippen molar-refractivity contribution in [1.82, 2.24) is 0 Å². The number of nitrogens with one attached hydrogen (secondary N) is 1. The minimum Gasteiger partial charge on any atom is -0.325 e. The van der Waals surface area contributed by atoms with Crippen LogP contribution in [-0.4, -0.2) is 0 Å². The van der Waals surface area contributed by atoms with Crippen LogP contribution >= 0.6 is 23.9 Å². The quantitative estimate of drug-likeness (QED) is 0.824. The fraction of sp³-hybridized carbons (Fsp3) is 0.200. The van der Waals surface area contributed by atoms with E-state index in [1.54, 1.807) is 11.9 Å². The Hall–Kier alpha value is -1.10. The Labute approximate surface area is 122 Å². The van der Waals surface area contributed by atoms with Crippen LogP contribution in [0.2, 0.25) is 0 Å². The van der Waals surface area contributed by atoms with Crippen molar-refractivity contribution in [3.05, 3.63) is 53.6 Å². The zero-order chi connectivity index (χ0) is 13.1. The van der Waals surface area contributed by atoms with E-state index >= 15 is 0 Å². The second-order valence-electron chi connectivity index (χ2n) is 4.60. The smallest absolute Gasteiger partial charge is 0.0593 e. The van der Waals surface area contributed by atoms with Crippen LogP contribution in [0.3, 0.4) is 0 Å². The molecule has 0 atom stereocenters. The molecule has 0 aromatic heterocycles. The third-order valence-electron chi connectivity index (χ3n) is 3.36. The molecule has 4 heteroatoms. The monoisotopic (exact) mass is 288 g/mol. The molecule has 0 heterocycles. The van der Waals surface area contributed by atoms with Gasteiger partial charge in [-0.2, -0.15) is 0 Å². The van der Waals surface area contributed by atoms with Gasteiger partial charge in [-0.15, -0.1) is 0 Å². The summed E-state index contributed by atoms with van der Waals surface area (Å²) in [5, 5.41) is 5.66. The molecule has 0 unspecified atom stereocenters. The lowest BCUT2D eigenvalue weighted by atomic mass is 10.1. The van der Waals surface area contributed by atoms with Gasteiger partial charge in [0.2, 0.25) is 0 Å². The fourth-order valence-electron chi connectivity index (χ4n) is 2.38. The first kappa shape index (κ1) is 12.9. The van der Waals surface area contributed by atoms with Crippen molar-refractivity contribution in [1.29, 1.82) is 0 Å². The van der Waals surface area contributed by atoms with Gasteiger partial charge >= 0.3 is 0 Å². The lowest BCUT2D eigenvalue weighted by Crippen LogP contribution is -1.92. The zero-order valence-electron chi connectivity index (χ0n) is 10.6. The Morgan fingerprint density at radius 1 is 1.00 bits per heavy atom. The molecule has 0 spiro atoms. The number of fused-ring (bicyclic) bond motifs is 1. The molecule has 0 aliphatic heterocycles. The molecule has 98 valence electrons. The summed E-state index contributed by atoms with van der Waals surface area (Å²) in [6.45, 7) is 0. The first-order valence-corrected chi connectivity index (χ1v) is 8.07. The number of hydrogen-bond donors (Lipinski definition) is 2. The fourth-order valence-corrected chi connectivity index (χ4v) is 3.59. The Morgan fingerprint density at radius 2 is 1.84 bits per heavy atom. The van der Waals surface area contributed by atoms with Gasteiger partial charge in [0.1, 0.15) is 0 Å². The number of aryl methyl sites for hydroxylation is 2. The van der Waals surface area contributed by atoms with Crippen LogP contribution in [0.4, 0.5) is 5.69 Å². The lowest BCUT2D eigenvalue weighted by Gasteiger charge is -2.10. The lowest BCUT2D eigenvalue weighted by molar-refractivity contribution is 0.911. The van der Waals surface area contributed by atoms with Crippen molar-refractivity contribution in [2.75, 3.05) is 4.72 Å². The van der Waals surface area contributed by atoms with Crippen molar-refractivity contribution in [2.45, 2.75) is 29.1 Å². The topological polar surface area (TPSA) is 38.0 Å². The van der Waals surface area contributed by atoms with Gasteiger partial charge in [0.15, 0.2) is 0 Å². The van der Waals surface area contributed by atoms with E-state index in [1.165, 1.54) is 47.2 Å². The molecule has 0 bridgehead atoms. The Morgan fingerprint density at radius 3 is 2.74 bits per heavy atom. The largest absolute Gasteiger partial charge is 0.325 e. The number of para-hydroxylation sites is 1. The van der Waals surface area contributed by atoms with Gasteiger partial charge in [0, 0.05) is 9.79 Å². The van der Waals surface area contributed by atoms with Gasteiger partial charge in [-0.3, -0.25) is 5.14 Å². The van der Waals surface area contributed by atoms with Crippen LogP contribution in [0.15, 0.2) is 52.3 Å². The maximum Gasteiger partial charge on any atom is 0.0593 e. The van der Waals surface area contributed by atoms with Gasteiger partial charge in [0.25, 0.3) is 0 Å². The summed E-state index contributed by atoms with van der Waals surface area (Å²) in [7, 11) is 0. The molecular weight excluding hydrogens is 272 g/mol. The van der Waals surface area contributed by atoms with Gasteiger partial charge in [-0.1, -0.05) is 18.2 Å². The van der Waals surface area contributed by atoms with Gasteiger partial charge in [-0.05, 0) is 78.6 Å². The summed E-state index contributed by atoms with van der Waals surface area (Å²) in [6, 6.07) is 14.9. The van der Waals surface area contributed by atoms with Gasteiger partial charge in [0.05, 0.1) is 5.69 Å². The average Bonchev–Trinajstić information content (AvgIpc) is 2.93. The van der Waals surface area contributed by atoms with E-state index in [9.17, 15) is 0 Å². The van der Waals surface area contributed by atoms with Crippen molar-refractivity contribution >= 4 is 29.6 Å². The molecule has 1 aliphatic rings. The summed E-state index contributed by atoms with van der Waals surface area (Å²) in [4.78, 5) is 2.33. The number of nitrogens with two attached hydrogens (primary N) is 1. The number of benzene rings is 2. The van der Waals surface area contributed by atoms with Gasteiger partial charge in [-0.25, -0.2) is 0 Å². The van der Waals surface area contributed by atoms with Crippen LogP contribution in [0, 0.1) is 0 Å². The Balaban J connectivity index is 1.72. The zero-order valence-corrected chi connectivity index (χ0v) is 12.2. The molecule has 1 aliphatic carbocycles. The van der Waals surface area contributed by atoms with Crippen molar-refractivity contribution < 1.29 is 0 Å². The van der Waals surface area contributed by atoms with Crippen LogP contribution in [0.25, 0.3) is 0 Å². The van der Waals surface area contributed by atoms with E-state index in [-0.39, 0.29) is 0 Å². The van der Waals surface area contributed by atoms with E-state index in [2.05, 4.69) is 29.0 Å². The van der Waals surface area contributed by atoms with E-state index in [0.29, 0.717) is 0 Å². The predicted molar refractivity (Wildman–Crippen MR) is 84.4 cm³/mol. The number of anilines is 1. The standard InChI is InChI=1S/C15H16N2S2/c16-18-15-7-2-1-6-14(15)17-19-13-9-8-11-4-3-5-12(11)10-13/h1-2,6-10,17H,3-5,16H2. The highest BCUT2D eigenvalue weighted by molar-refractivity contribution is 8.00. The predicted octanol–water partition coefficient (Wildman–Crippen LogP) is 4.26. The number of hydrogen-bond acceptors (Lipinski definition) is 4. The van der Waals surface area contributed by atoms with E-state index in [4.69, 9.17) is 5.14 Å². The summed E-state index contributed by atoms with van der Waals surface area (Å²) in [6.07, 6.45) is 3.75. The highest BCUT2D eigenvalue weighted by Gasteiger charge is 2.11. The second kappa shape index (κ2) is 5.90. The molecule has 0 radical (unpaired) electrons. The first-order valence-electron chi connectivity index (χ1n) is 6.37. The highest BCUT2D eigenvalue weighted by Crippen LogP contribution is 2.30. The minimum atomic E-state index is 1.07. The third kappa shape index (κ3) is 2.91.